The molecule has 0 saturated heterocycles. The van der Waals surface area contributed by atoms with Gasteiger partial charge in [0.05, 0.1) is 15.7 Å². The molecular weight excluding hydrogens is 539 g/mol. The molecule has 10 heteroatoms. The molecule has 1 aliphatic heterocycles. The summed E-state index contributed by atoms with van der Waals surface area (Å²) in [5.41, 5.74) is 1.85. The molecule has 190 valence electrons. The van der Waals surface area contributed by atoms with Gasteiger partial charge in [-0.05, 0) is 49.1 Å². The first-order valence-electron chi connectivity index (χ1n) is 11.9. The van der Waals surface area contributed by atoms with Crippen molar-refractivity contribution in [3.05, 3.63) is 63.5 Å². The van der Waals surface area contributed by atoms with Gasteiger partial charge < -0.3 is 10.0 Å². The van der Waals surface area contributed by atoms with Gasteiger partial charge in [-0.25, -0.2) is 13.2 Å². The zero-order valence-corrected chi connectivity index (χ0v) is 22.8. The van der Waals surface area contributed by atoms with Crippen LogP contribution in [0.5, 0.6) is 0 Å². The van der Waals surface area contributed by atoms with Crippen molar-refractivity contribution in [1.29, 1.82) is 0 Å². The summed E-state index contributed by atoms with van der Waals surface area (Å²) < 4.78 is 29.7. The van der Waals surface area contributed by atoms with E-state index in [0.29, 0.717) is 27.7 Å². The van der Waals surface area contributed by atoms with Crippen LogP contribution < -0.4 is 4.90 Å². The van der Waals surface area contributed by atoms with Crippen molar-refractivity contribution in [3.63, 3.8) is 0 Å². The van der Waals surface area contributed by atoms with Crippen LogP contribution in [0.3, 0.4) is 0 Å². The number of likely N-dealkylation sites (N-methyl/N-ethyl adjacent to an activating group) is 1. The van der Waals surface area contributed by atoms with E-state index >= 15 is 0 Å². The Labute approximate surface area is 225 Å². The lowest BCUT2D eigenvalue weighted by Crippen LogP contribution is -2.46. The molecule has 0 radical (unpaired) electrons. The van der Waals surface area contributed by atoms with Crippen molar-refractivity contribution in [2.75, 3.05) is 18.5 Å². The number of hydrogen-bond acceptors (Lipinski definition) is 5. The van der Waals surface area contributed by atoms with Gasteiger partial charge in [0.25, 0.3) is 0 Å². The number of sulfonamides is 1. The summed E-state index contributed by atoms with van der Waals surface area (Å²) in [5, 5.41) is 9.87. The maximum absolute atomic E-state index is 14.1. The van der Waals surface area contributed by atoms with E-state index in [2.05, 4.69) is 4.90 Å². The number of thiophene rings is 1. The van der Waals surface area contributed by atoms with Gasteiger partial charge >= 0.3 is 5.97 Å². The lowest BCUT2D eigenvalue weighted by atomic mass is 9.83. The molecular formula is C26H26Cl2N2O4S2. The molecule has 2 aliphatic rings. The molecule has 6 nitrogen and oxygen atoms in total. The van der Waals surface area contributed by atoms with E-state index in [1.165, 1.54) is 16.8 Å². The third kappa shape index (κ3) is 4.54. The minimum absolute atomic E-state index is 0.0130. The van der Waals surface area contributed by atoms with Crippen LogP contribution in [-0.2, 0) is 10.0 Å². The number of carbonyl (C=O) groups is 1. The minimum atomic E-state index is -3.88. The molecule has 2 heterocycles. The van der Waals surface area contributed by atoms with Crippen LogP contribution in [-0.4, -0.2) is 43.4 Å². The predicted octanol–water partition coefficient (Wildman–Crippen LogP) is 7.14. The second-order valence-corrected chi connectivity index (χ2v) is 13.2. The summed E-state index contributed by atoms with van der Waals surface area (Å²) in [4.78, 5) is 14.2. The number of nitrogens with zero attached hydrogens (tertiary/aromatic N) is 2. The molecule has 0 bridgehead atoms. The van der Waals surface area contributed by atoms with Crippen LogP contribution in [0.4, 0.5) is 11.4 Å². The highest BCUT2D eigenvalue weighted by Crippen LogP contribution is 2.46. The largest absolute Gasteiger partial charge is 0.477 e. The van der Waals surface area contributed by atoms with Crippen molar-refractivity contribution in [2.45, 2.75) is 43.0 Å². The molecule has 36 heavy (non-hydrogen) atoms. The number of anilines is 2. The first kappa shape index (κ1) is 25.5. The zero-order valence-electron chi connectivity index (χ0n) is 19.7. The van der Waals surface area contributed by atoms with Crippen LogP contribution >= 0.6 is 34.5 Å². The van der Waals surface area contributed by atoms with Crippen molar-refractivity contribution < 1.29 is 18.3 Å². The maximum Gasteiger partial charge on any atom is 0.347 e. The third-order valence-corrected chi connectivity index (χ3v) is 11.0. The van der Waals surface area contributed by atoms with Gasteiger partial charge in [-0.2, -0.15) is 4.31 Å². The Kier molecular flexibility index (Phi) is 7.09. The number of benzene rings is 2. The SMILES string of the molecule is CN1[C@H](C2CCCCC2)CN(c2ccccc2)c2cc(Cl)c(-c3cc(Cl)c(C(=O)O)s3)cc2S1(=O)=O. The standard InChI is InChI=1S/C26H26Cl2N2O4S2/c1-29-22(16-8-4-2-5-9-16)15-30(17-10-6-3-7-11-17)21-13-19(27)18(12-24(21)36(29,33)34)23-14-20(28)25(35-23)26(31)32/h3,6-7,10-14,16,22H,2,4-5,8-9,15H2,1H3,(H,31,32)/t22-/m0/s1. The van der Waals surface area contributed by atoms with E-state index in [0.717, 1.165) is 42.7 Å². The molecule has 0 spiro atoms. The van der Waals surface area contributed by atoms with Gasteiger partial charge in [-0.15, -0.1) is 11.3 Å². The monoisotopic (exact) mass is 564 g/mol. The highest BCUT2D eigenvalue weighted by Gasteiger charge is 2.41. The van der Waals surface area contributed by atoms with Crippen LogP contribution in [0, 0.1) is 5.92 Å². The molecule has 5 rings (SSSR count). The lowest BCUT2D eigenvalue weighted by molar-refractivity contribution is 0.0702. The second-order valence-electron chi connectivity index (χ2n) is 9.33. The second kappa shape index (κ2) is 9.99. The number of para-hydroxylation sites is 1. The molecule has 1 aliphatic carbocycles. The average molecular weight is 566 g/mol. The van der Waals surface area contributed by atoms with Gasteiger partial charge in [-0.3, -0.25) is 0 Å². The van der Waals surface area contributed by atoms with E-state index in [4.69, 9.17) is 23.2 Å². The highest BCUT2D eigenvalue weighted by atomic mass is 35.5. The van der Waals surface area contributed by atoms with Gasteiger partial charge in [0, 0.05) is 35.8 Å². The normalized spacial score (nSPS) is 20.6. The summed E-state index contributed by atoms with van der Waals surface area (Å²) >= 11 is 13.9. The minimum Gasteiger partial charge on any atom is -0.477 e. The Bertz CT molecular complexity index is 1400. The summed E-state index contributed by atoms with van der Waals surface area (Å²) in [5.74, 6) is -0.872. The Morgan fingerprint density at radius 3 is 2.36 bits per heavy atom. The van der Waals surface area contributed by atoms with Gasteiger partial charge in [-0.1, -0.05) is 60.7 Å². The Morgan fingerprint density at radius 1 is 1.03 bits per heavy atom. The quantitative estimate of drug-likeness (QED) is 0.364. The summed E-state index contributed by atoms with van der Waals surface area (Å²) in [6.45, 7) is 0.515. The lowest BCUT2D eigenvalue weighted by Gasteiger charge is -2.36. The number of carboxylic acids is 1. The first-order valence-corrected chi connectivity index (χ1v) is 14.9. The number of rotatable bonds is 4. The number of hydrogen-bond donors (Lipinski definition) is 1. The summed E-state index contributed by atoms with van der Waals surface area (Å²) in [7, 11) is -2.20. The van der Waals surface area contributed by atoms with Crippen molar-refractivity contribution in [3.8, 4) is 10.4 Å². The van der Waals surface area contributed by atoms with Crippen LogP contribution in [0.2, 0.25) is 10.0 Å². The van der Waals surface area contributed by atoms with Gasteiger partial charge in [0.15, 0.2) is 0 Å². The fraction of sp³-hybridized carbons (Fsp3) is 0.346. The molecule has 1 fully saturated rings. The van der Waals surface area contributed by atoms with E-state index in [1.54, 1.807) is 19.2 Å². The Balaban J connectivity index is 1.70. The fourth-order valence-electron chi connectivity index (χ4n) is 5.35. The molecule has 1 N–H and O–H groups in total. The van der Waals surface area contributed by atoms with Gasteiger partial charge in [0.1, 0.15) is 9.77 Å². The highest BCUT2D eigenvalue weighted by molar-refractivity contribution is 7.89. The van der Waals surface area contributed by atoms with Gasteiger partial charge in [0.2, 0.25) is 10.0 Å². The molecule has 0 unspecified atom stereocenters. The number of carboxylic acid groups (broad SMARTS) is 1. The fourth-order valence-corrected chi connectivity index (χ4v) is 8.56. The summed E-state index contributed by atoms with van der Waals surface area (Å²) in [6.07, 6.45) is 5.40. The first-order chi connectivity index (χ1) is 17.2. The van der Waals surface area contributed by atoms with Crippen molar-refractivity contribution in [2.24, 2.45) is 5.92 Å². The van der Waals surface area contributed by atoms with Crippen molar-refractivity contribution in [1.82, 2.24) is 4.31 Å². The third-order valence-electron chi connectivity index (χ3n) is 7.24. The maximum atomic E-state index is 14.1. The molecule has 3 aromatic rings. The smallest absolute Gasteiger partial charge is 0.347 e. The van der Waals surface area contributed by atoms with E-state index in [-0.39, 0.29) is 26.8 Å². The Morgan fingerprint density at radius 2 is 1.72 bits per heavy atom. The molecule has 2 aromatic carbocycles. The molecule has 0 amide bonds. The number of halogens is 2. The van der Waals surface area contributed by atoms with E-state index in [9.17, 15) is 18.3 Å². The number of fused-ring (bicyclic) bond motifs is 1. The topological polar surface area (TPSA) is 77.9 Å². The predicted molar refractivity (Wildman–Crippen MR) is 145 cm³/mol. The van der Waals surface area contributed by atoms with Crippen molar-refractivity contribution >= 4 is 61.9 Å². The summed E-state index contributed by atoms with van der Waals surface area (Å²) in [6, 6.07) is 14.3. The van der Waals surface area contributed by atoms with E-state index in [1.807, 2.05) is 30.3 Å². The number of aromatic carboxylic acids is 1. The zero-order chi connectivity index (χ0) is 25.6. The molecule has 1 aromatic heterocycles. The van der Waals surface area contributed by atoms with E-state index < -0.39 is 16.0 Å². The Hall–Kier alpha value is -2.10. The molecule has 1 atom stereocenters. The molecule has 1 saturated carbocycles. The van der Waals surface area contributed by atoms with Crippen LogP contribution in [0.15, 0.2) is 53.4 Å². The average Bonchev–Trinajstić information content (AvgIpc) is 3.23. The van der Waals surface area contributed by atoms with Crippen LogP contribution in [0.25, 0.3) is 10.4 Å². The van der Waals surface area contributed by atoms with Crippen LogP contribution in [0.1, 0.15) is 41.8 Å².